The lowest BCUT2D eigenvalue weighted by Crippen LogP contribution is -2.30. The second-order valence-corrected chi connectivity index (χ2v) is 12.9. The summed E-state index contributed by atoms with van der Waals surface area (Å²) in [7, 11) is 0. The van der Waals surface area contributed by atoms with Gasteiger partial charge in [-0.25, -0.2) is 0 Å². The molecule has 0 aromatic heterocycles. The van der Waals surface area contributed by atoms with Crippen LogP contribution in [0, 0.1) is 0 Å². The van der Waals surface area contributed by atoms with Gasteiger partial charge in [-0.1, -0.05) is 84.9 Å². The summed E-state index contributed by atoms with van der Waals surface area (Å²) >= 11 is 0. The van der Waals surface area contributed by atoms with Crippen LogP contribution in [0.15, 0.2) is 130 Å². The number of carbonyl (C=O) groups excluding carboxylic acids is 2. The monoisotopic (exact) mass is 690 g/mol. The first-order valence-corrected chi connectivity index (χ1v) is 16.9. The second kappa shape index (κ2) is 15.5. The Hall–Kier alpha value is -6.68. The SMILES string of the molecule is CC(C)NC(=O)c1cc2ccccc2c(N=Nc2ccc(C=Cc3ccc(N=Nc4c(O)c(C(=O)NC(C)C)cc5ccccc45)cc3)cc2)c1O. The normalized spacial score (nSPS) is 11.9. The van der Waals surface area contributed by atoms with Crippen LogP contribution in [0.3, 0.4) is 0 Å². The minimum atomic E-state index is -0.381. The topological polar surface area (TPSA) is 148 Å². The van der Waals surface area contributed by atoms with Crippen molar-refractivity contribution in [2.45, 2.75) is 39.8 Å². The van der Waals surface area contributed by atoms with Crippen molar-refractivity contribution in [2.24, 2.45) is 20.5 Å². The summed E-state index contributed by atoms with van der Waals surface area (Å²) in [6, 6.07) is 32.9. The number of hydrogen-bond acceptors (Lipinski definition) is 8. The minimum Gasteiger partial charge on any atom is -0.505 e. The molecule has 0 aliphatic carbocycles. The molecule has 2 amide bonds. The van der Waals surface area contributed by atoms with Crippen LogP contribution in [0.25, 0.3) is 33.7 Å². The zero-order chi connectivity index (χ0) is 36.8. The number of rotatable bonds is 10. The van der Waals surface area contributed by atoms with Crippen LogP contribution in [-0.2, 0) is 0 Å². The average molecular weight is 691 g/mol. The highest BCUT2D eigenvalue weighted by molar-refractivity contribution is 6.08. The third-order valence-corrected chi connectivity index (χ3v) is 8.10. The molecule has 0 bridgehead atoms. The molecule has 0 saturated heterocycles. The number of azo groups is 2. The van der Waals surface area contributed by atoms with E-state index in [9.17, 15) is 19.8 Å². The van der Waals surface area contributed by atoms with Crippen molar-refractivity contribution in [3.63, 3.8) is 0 Å². The lowest BCUT2D eigenvalue weighted by atomic mass is 10.0. The van der Waals surface area contributed by atoms with Gasteiger partial charge in [0.1, 0.15) is 11.4 Å². The van der Waals surface area contributed by atoms with Gasteiger partial charge in [0.2, 0.25) is 0 Å². The van der Waals surface area contributed by atoms with E-state index in [4.69, 9.17) is 0 Å². The van der Waals surface area contributed by atoms with Gasteiger partial charge < -0.3 is 20.8 Å². The molecule has 0 saturated carbocycles. The number of aromatic hydroxyl groups is 2. The van der Waals surface area contributed by atoms with Gasteiger partial charge in [-0.05, 0) is 86.0 Å². The first kappa shape index (κ1) is 35.2. The smallest absolute Gasteiger partial charge is 0.255 e. The Morgan fingerprint density at radius 3 is 1.27 bits per heavy atom. The zero-order valence-corrected chi connectivity index (χ0v) is 29.2. The van der Waals surface area contributed by atoms with Crippen LogP contribution in [-0.4, -0.2) is 34.1 Å². The summed E-state index contributed by atoms with van der Waals surface area (Å²) in [5.74, 6) is -1.21. The molecular formula is C42H38N6O4. The first-order valence-electron chi connectivity index (χ1n) is 16.9. The predicted molar refractivity (Wildman–Crippen MR) is 207 cm³/mol. The molecule has 10 heteroatoms. The van der Waals surface area contributed by atoms with Crippen molar-refractivity contribution >= 4 is 68.3 Å². The van der Waals surface area contributed by atoms with E-state index in [1.54, 1.807) is 12.1 Å². The molecule has 4 N–H and O–H groups in total. The van der Waals surface area contributed by atoms with Crippen LogP contribution >= 0.6 is 0 Å². The van der Waals surface area contributed by atoms with Crippen molar-refractivity contribution in [1.29, 1.82) is 0 Å². The van der Waals surface area contributed by atoms with Crippen molar-refractivity contribution < 1.29 is 19.8 Å². The number of carbonyl (C=O) groups is 2. The maximum atomic E-state index is 12.8. The van der Waals surface area contributed by atoms with Gasteiger partial charge in [0, 0.05) is 22.9 Å². The van der Waals surface area contributed by atoms with Crippen LogP contribution in [0.5, 0.6) is 11.5 Å². The number of fused-ring (bicyclic) bond motifs is 2. The number of amides is 2. The Morgan fingerprint density at radius 2 is 0.904 bits per heavy atom. The number of benzene rings is 6. The second-order valence-electron chi connectivity index (χ2n) is 12.9. The predicted octanol–water partition coefficient (Wildman–Crippen LogP) is 10.7. The molecule has 0 atom stereocenters. The maximum Gasteiger partial charge on any atom is 0.255 e. The number of phenols is 2. The minimum absolute atomic E-state index is 0.0920. The summed E-state index contributed by atoms with van der Waals surface area (Å²) in [4.78, 5) is 25.5. The van der Waals surface area contributed by atoms with Crippen LogP contribution < -0.4 is 10.6 Å². The van der Waals surface area contributed by atoms with E-state index in [1.165, 1.54) is 0 Å². The molecule has 6 aromatic carbocycles. The number of nitrogens with one attached hydrogen (secondary N) is 2. The molecule has 0 heterocycles. The van der Waals surface area contributed by atoms with Gasteiger partial charge in [-0.2, -0.15) is 10.2 Å². The third-order valence-electron chi connectivity index (χ3n) is 8.10. The van der Waals surface area contributed by atoms with E-state index in [2.05, 4.69) is 31.1 Å². The lowest BCUT2D eigenvalue weighted by Gasteiger charge is -2.12. The summed E-state index contributed by atoms with van der Waals surface area (Å²) in [5, 5.41) is 48.0. The van der Waals surface area contributed by atoms with Crippen molar-refractivity contribution in [1.82, 2.24) is 10.6 Å². The Morgan fingerprint density at radius 1 is 0.538 bits per heavy atom. The first-order chi connectivity index (χ1) is 25.1. The van der Waals surface area contributed by atoms with Crippen molar-refractivity contribution in [3.8, 4) is 11.5 Å². The van der Waals surface area contributed by atoms with Gasteiger partial charge in [0.05, 0.1) is 22.5 Å². The number of nitrogens with zero attached hydrogens (tertiary/aromatic N) is 4. The van der Waals surface area contributed by atoms with Gasteiger partial charge in [0.25, 0.3) is 11.8 Å². The number of phenolic OH excluding ortho intramolecular Hbond substituents is 2. The fourth-order valence-corrected chi connectivity index (χ4v) is 5.58. The fourth-order valence-electron chi connectivity index (χ4n) is 5.58. The Kier molecular flexibility index (Phi) is 10.5. The highest BCUT2D eigenvalue weighted by Crippen LogP contribution is 2.40. The molecular weight excluding hydrogens is 653 g/mol. The van der Waals surface area contributed by atoms with E-state index in [0.29, 0.717) is 22.1 Å². The molecule has 0 aliphatic heterocycles. The highest BCUT2D eigenvalue weighted by atomic mass is 16.3. The summed E-state index contributed by atoms with van der Waals surface area (Å²) in [5.41, 5.74) is 3.78. The molecule has 52 heavy (non-hydrogen) atoms. The Labute approximate surface area is 301 Å². The summed E-state index contributed by atoms with van der Waals surface area (Å²) in [6.07, 6.45) is 3.93. The summed E-state index contributed by atoms with van der Waals surface area (Å²) < 4.78 is 0. The molecule has 6 rings (SSSR count). The maximum absolute atomic E-state index is 12.8. The van der Waals surface area contributed by atoms with Crippen molar-refractivity contribution in [2.75, 3.05) is 0 Å². The molecule has 260 valence electrons. The third kappa shape index (κ3) is 8.03. The van der Waals surface area contributed by atoms with Crippen LogP contribution in [0.2, 0.25) is 0 Å². The van der Waals surface area contributed by atoms with Crippen LogP contribution in [0.1, 0.15) is 59.5 Å². The van der Waals surface area contributed by atoms with E-state index in [0.717, 1.165) is 21.9 Å². The largest absolute Gasteiger partial charge is 0.505 e. The average Bonchev–Trinajstić information content (AvgIpc) is 3.13. The van der Waals surface area contributed by atoms with Crippen molar-refractivity contribution in [3.05, 3.63) is 131 Å². The quantitative estimate of drug-likeness (QED) is 0.0836. The molecule has 0 unspecified atom stereocenters. The van der Waals surface area contributed by atoms with Gasteiger partial charge in [-0.15, -0.1) is 10.2 Å². The zero-order valence-electron chi connectivity index (χ0n) is 29.2. The number of hydrogen-bond donors (Lipinski definition) is 4. The van der Waals surface area contributed by atoms with E-state index < -0.39 is 0 Å². The lowest BCUT2D eigenvalue weighted by molar-refractivity contribution is 0.0931. The molecule has 0 fully saturated rings. The molecule has 10 nitrogen and oxygen atoms in total. The van der Waals surface area contributed by atoms with E-state index in [1.807, 2.05) is 137 Å². The van der Waals surface area contributed by atoms with E-state index >= 15 is 0 Å². The van der Waals surface area contributed by atoms with E-state index in [-0.39, 0.29) is 57.9 Å². The molecule has 0 aliphatic rings. The highest BCUT2D eigenvalue weighted by Gasteiger charge is 2.20. The molecule has 6 aromatic rings. The fraction of sp³-hybridized carbons (Fsp3) is 0.143. The Balaban J connectivity index is 1.16. The van der Waals surface area contributed by atoms with Gasteiger partial charge in [-0.3, -0.25) is 9.59 Å². The van der Waals surface area contributed by atoms with Gasteiger partial charge in [0.15, 0.2) is 11.5 Å². The standard InChI is InChI=1S/C42H38N6O4/c1-25(2)43-41(51)35-23-29-9-5-7-11-33(29)37(39(35)49)47-45-31-19-15-27(16-20-31)13-14-28-17-21-32(22-18-28)46-48-38-34-12-8-6-10-30(34)24-36(40(38)50)42(52)44-26(3)4/h5-26,49-50H,1-4H3,(H,43,51)(H,44,52). The van der Waals surface area contributed by atoms with Crippen LogP contribution in [0.4, 0.5) is 22.7 Å². The Bertz CT molecular complexity index is 2200. The van der Waals surface area contributed by atoms with Gasteiger partial charge >= 0.3 is 0 Å². The molecule has 0 spiro atoms. The summed E-state index contributed by atoms with van der Waals surface area (Å²) in [6.45, 7) is 7.42. The molecule has 0 radical (unpaired) electrons.